The number of aryl methyl sites for hydroxylation is 6. The number of rotatable bonds is 6. The molecule has 0 aliphatic heterocycles. The van der Waals surface area contributed by atoms with Crippen molar-refractivity contribution in [1.82, 2.24) is 9.13 Å². The van der Waals surface area contributed by atoms with Gasteiger partial charge in [0.1, 0.15) is 0 Å². The molecule has 0 bridgehead atoms. The first-order valence-corrected chi connectivity index (χ1v) is 13.3. The highest BCUT2D eigenvalue weighted by molar-refractivity contribution is 6.04. The van der Waals surface area contributed by atoms with Crippen LogP contribution in [0.5, 0.6) is 0 Å². The Morgan fingerprint density at radius 3 is 1.31 bits per heavy atom. The van der Waals surface area contributed by atoms with Crippen LogP contribution in [-0.4, -0.2) is 9.13 Å². The van der Waals surface area contributed by atoms with Crippen LogP contribution in [0.2, 0.25) is 0 Å². The lowest BCUT2D eigenvalue weighted by Crippen LogP contribution is -2.17. The third-order valence-corrected chi connectivity index (χ3v) is 7.61. The van der Waals surface area contributed by atoms with Gasteiger partial charge in [0.15, 0.2) is 10.9 Å². The predicted molar refractivity (Wildman–Crippen MR) is 154 cm³/mol. The van der Waals surface area contributed by atoms with Crippen molar-refractivity contribution in [1.29, 1.82) is 0 Å². The second-order valence-corrected chi connectivity index (χ2v) is 10.5. The minimum Gasteiger partial charge on any atom is -0.340 e. The molecule has 186 valence electrons. The molecule has 2 heterocycles. The van der Waals surface area contributed by atoms with E-state index in [1.54, 1.807) is 0 Å². The Balaban J connectivity index is 2.04. The Morgan fingerprint density at radius 1 is 0.556 bits per heavy atom. The summed E-state index contributed by atoms with van der Waals surface area (Å²) in [6, 6.07) is 12.4. The van der Waals surface area contributed by atoms with Crippen LogP contribution in [0.15, 0.2) is 46.0 Å². The highest BCUT2D eigenvalue weighted by atomic mass is 16.1. The van der Waals surface area contributed by atoms with Crippen LogP contribution >= 0.6 is 0 Å². The van der Waals surface area contributed by atoms with Crippen molar-refractivity contribution in [3.63, 3.8) is 0 Å². The molecule has 0 aliphatic rings. The van der Waals surface area contributed by atoms with E-state index in [-0.39, 0.29) is 10.9 Å². The molecule has 0 radical (unpaired) electrons. The zero-order valence-electron chi connectivity index (χ0n) is 22.4. The van der Waals surface area contributed by atoms with Gasteiger partial charge in [-0.2, -0.15) is 0 Å². The number of unbranched alkanes of at least 4 members (excludes halogenated alkanes) is 2. The molecule has 0 saturated carbocycles. The summed E-state index contributed by atoms with van der Waals surface area (Å²) in [7, 11) is 0. The monoisotopic (exact) mass is 480 g/mol. The third kappa shape index (κ3) is 3.75. The summed E-state index contributed by atoms with van der Waals surface area (Å²) in [5.41, 5.74) is 8.08. The van der Waals surface area contributed by atoms with Crippen LogP contribution in [0.1, 0.15) is 61.8 Å². The highest BCUT2D eigenvalue weighted by Gasteiger charge is 2.19. The summed E-state index contributed by atoms with van der Waals surface area (Å²) in [6.45, 7) is 14.2. The third-order valence-electron chi connectivity index (χ3n) is 7.61. The molecule has 0 saturated heterocycles. The Morgan fingerprint density at radius 2 is 0.944 bits per heavy atom. The lowest BCUT2D eigenvalue weighted by molar-refractivity contribution is 0.660. The molecule has 3 aromatic carbocycles. The van der Waals surface area contributed by atoms with Gasteiger partial charge in [-0.3, -0.25) is 9.59 Å². The van der Waals surface area contributed by atoms with Crippen LogP contribution in [-0.2, 0) is 13.1 Å². The van der Waals surface area contributed by atoms with Gasteiger partial charge in [0.05, 0.1) is 22.1 Å². The minimum absolute atomic E-state index is 0.0576. The van der Waals surface area contributed by atoms with E-state index in [1.807, 2.05) is 26.0 Å². The summed E-state index contributed by atoms with van der Waals surface area (Å²) in [6.07, 6.45) is 4.13. The Kier molecular flexibility index (Phi) is 6.23. The van der Waals surface area contributed by atoms with Crippen molar-refractivity contribution < 1.29 is 0 Å². The van der Waals surface area contributed by atoms with Gasteiger partial charge in [0.2, 0.25) is 0 Å². The summed E-state index contributed by atoms with van der Waals surface area (Å²) < 4.78 is 4.55. The highest BCUT2D eigenvalue weighted by Crippen LogP contribution is 2.29. The van der Waals surface area contributed by atoms with E-state index in [4.69, 9.17) is 0 Å². The molecule has 5 rings (SSSR count). The molecule has 0 atom stereocenters. The van der Waals surface area contributed by atoms with Crippen LogP contribution in [0.25, 0.3) is 43.6 Å². The average Bonchev–Trinajstić information content (AvgIpc) is 2.82. The van der Waals surface area contributed by atoms with Crippen molar-refractivity contribution in [3.05, 3.63) is 79.1 Å². The fourth-order valence-corrected chi connectivity index (χ4v) is 5.94. The molecule has 0 spiro atoms. The Bertz CT molecular complexity index is 1650. The van der Waals surface area contributed by atoms with E-state index in [1.165, 1.54) is 0 Å². The topological polar surface area (TPSA) is 44.0 Å². The van der Waals surface area contributed by atoms with Crippen LogP contribution < -0.4 is 10.9 Å². The van der Waals surface area contributed by atoms with E-state index < -0.39 is 0 Å². The van der Waals surface area contributed by atoms with Crippen LogP contribution in [0.3, 0.4) is 0 Å². The van der Waals surface area contributed by atoms with Crippen molar-refractivity contribution in [2.75, 3.05) is 0 Å². The smallest absolute Gasteiger partial charge is 0.197 e. The zero-order valence-corrected chi connectivity index (χ0v) is 22.4. The zero-order chi connectivity index (χ0) is 25.7. The molecule has 5 aromatic rings. The van der Waals surface area contributed by atoms with Gasteiger partial charge in [-0.15, -0.1) is 0 Å². The summed E-state index contributed by atoms with van der Waals surface area (Å²) in [5, 5.41) is 2.98. The summed E-state index contributed by atoms with van der Waals surface area (Å²) >= 11 is 0. The van der Waals surface area contributed by atoms with Gasteiger partial charge in [-0.05, 0) is 87.1 Å². The van der Waals surface area contributed by atoms with Gasteiger partial charge in [0.25, 0.3) is 0 Å². The predicted octanol–water partition coefficient (Wildman–Crippen LogP) is 7.46. The maximum Gasteiger partial charge on any atom is 0.197 e. The lowest BCUT2D eigenvalue weighted by Gasteiger charge is -2.20. The number of aromatic nitrogens is 2. The van der Waals surface area contributed by atoms with Crippen molar-refractivity contribution in [3.8, 4) is 0 Å². The minimum atomic E-state index is 0.0576. The Hall–Kier alpha value is -3.40. The summed E-state index contributed by atoms with van der Waals surface area (Å²) in [4.78, 5) is 27.9. The molecule has 0 aliphatic carbocycles. The van der Waals surface area contributed by atoms with Crippen molar-refractivity contribution in [2.45, 2.75) is 80.3 Å². The SMILES string of the molecule is CCCCn1c2cc3c(=O)c4c(C)cc(C)cc4n(CCCC)c3cc2c(=O)c2c(C)cc(C)cc21. The first kappa shape index (κ1) is 24.3. The van der Waals surface area contributed by atoms with Gasteiger partial charge < -0.3 is 9.13 Å². The van der Waals surface area contributed by atoms with Gasteiger partial charge in [-0.25, -0.2) is 0 Å². The average molecular weight is 481 g/mol. The van der Waals surface area contributed by atoms with Crippen molar-refractivity contribution in [2.24, 2.45) is 0 Å². The standard InChI is InChI=1S/C32H36N2O2/c1-7-9-11-33-25-17-24-26(18-23(25)31(35)29-21(5)13-19(3)15-27(29)33)34(12-10-8-2)28-16-20(4)14-22(6)30(28)32(24)36/h13-18H,7-12H2,1-6H3. The lowest BCUT2D eigenvalue weighted by atomic mass is 9.99. The Labute approximate surface area is 212 Å². The molecule has 4 nitrogen and oxygen atoms in total. The number of pyridine rings is 2. The molecule has 36 heavy (non-hydrogen) atoms. The van der Waals surface area contributed by atoms with Crippen LogP contribution in [0.4, 0.5) is 0 Å². The fourth-order valence-electron chi connectivity index (χ4n) is 5.94. The van der Waals surface area contributed by atoms with Crippen molar-refractivity contribution >= 4 is 43.6 Å². The molecule has 2 aromatic heterocycles. The molecule has 0 N–H and O–H groups in total. The number of fused-ring (bicyclic) bond motifs is 4. The quantitative estimate of drug-likeness (QED) is 0.237. The van der Waals surface area contributed by atoms with Gasteiger partial charge in [-0.1, -0.05) is 38.8 Å². The molecule has 0 unspecified atom stereocenters. The van der Waals surface area contributed by atoms with E-state index in [0.29, 0.717) is 10.8 Å². The second-order valence-electron chi connectivity index (χ2n) is 10.5. The molecule has 0 fully saturated rings. The first-order chi connectivity index (χ1) is 17.3. The number of benzene rings is 3. The molecule has 0 amide bonds. The molecular weight excluding hydrogens is 444 g/mol. The largest absolute Gasteiger partial charge is 0.340 e. The summed E-state index contributed by atoms with van der Waals surface area (Å²) in [5.74, 6) is 0. The van der Waals surface area contributed by atoms with Crippen LogP contribution in [0, 0.1) is 27.7 Å². The van der Waals surface area contributed by atoms with E-state index in [0.717, 1.165) is 93.9 Å². The maximum absolute atomic E-state index is 14.0. The molecular formula is C32H36N2O2. The van der Waals surface area contributed by atoms with Gasteiger partial charge >= 0.3 is 0 Å². The number of hydrogen-bond acceptors (Lipinski definition) is 2. The van der Waals surface area contributed by atoms with E-state index in [9.17, 15) is 9.59 Å². The number of nitrogens with zero attached hydrogens (tertiary/aromatic N) is 2. The first-order valence-electron chi connectivity index (χ1n) is 13.3. The van der Waals surface area contributed by atoms with Gasteiger partial charge in [0, 0.05) is 34.6 Å². The molecule has 4 heteroatoms. The maximum atomic E-state index is 14.0. The van der Waals surface area contributed by atoms with E-state index in [2.05, 4.69) is 61.1 Å². The number of hydrogen-bond donors (Lipinski definition) is 0. The second kappa shape index (κ2) is 9.24. The normalized spacial score (nSPS) is 11.9. The fraction of sp³-hybridized carbons (Fsp3) is 0.375. The van der Waals surface area contributed by atoms with E-state index >= 15 is 0 Å².